The van der Waals surface area contributed by atoms with Crippen molar-refractivity contribution in [2.75, 3.05) is 26.0 Å². The van der Waals surface area contributed by atoms with Crippen molar-refractivity contribution in [2.24, 2.45) is 0 Å². The van der Waals surface area contributed by atoms with Gasteiger partial charge in [-0.1, -0.05) is 32.0 Å². The van der Waals surface area contributed by atoms with E-state index in [1.165, 1.54) is 5.56 Å². The zero-order chi connectivity index (χ0) is 21.5. The van der Waals surface area contributed by atoms with E-state index in [0.717, 1.165) is 44.3 Å². The average molecular weight is 437 g/mol. The lowest BCUT2D eigenvalue weighted by Crippen LogP contribution is -2.59. The Labute approximate surface area is 183 Å². The number of carbonyl (C=O) groups excluding carboxylic acids is 1. The number of nitrogens with zero attached hydrogens (tertiary/aromatic N) is 1. The fourth-order valence-corrected chi connectivity index (χ4v) is 5.57. The van der Waals surface area contributed by atoms with Crippen LogP contribution in [0, 0.1) is 0 Å². The van der Waals surface area contributed by atoms with Crippen LogP contribution < -0.4 is 9.46 Å². The molecule has 1 saturated heterocycles. The molecule has 0 radical (unpaired) electrons. The van der Waals surface area contributed by atoms with E-state index >= 15 is 0 Å². The fraction of sp³-hybridized carbons (Fsp3) is 0.696. The number of benzene rings is 1. The van der Waals surface area contributed by atoms with E-state index < -0.39 is 11.0 Å². The Morgan fingerprint density at radius 2 is 1.83 bits per heavy atom. The SMILES string of the molecule is CC.CS(=O)N[C@H]1CCCN2C(=O)COc3ccccc3C3CCC(CC3)OC[C@@H]12. The molecule has 0 spiro atoms. The normalized spacial score (nSPS) is 30.2. The highest BCUT2D eigenvalue weighted by molar-refractivity contribution is 7.82. The standard InChI is InChI=1S/C21H30N2O4S.C2H6/c1-28(25)22-18-6-4-12-23-19(18)13-26-16-10-8-15(9-11-16)17-5-2-3-7-20(17)27-14-21(23)24;1-2/h2-3,5,7,15-16,18-19,22H,4,6,8-14H2,1H3;1-2H3/t15?,16?,18-,19-,28?;/m0./s1. The number of fused-ring (bicyclic) bond motifs is 5. The van der Waals surface area contributed by atoms with Gasteiger partial charge in [0.25, 0.3) is 5.91 Å². The highest BCUT2D eigenvalue weighted by atomic mass is 32.2. The van der Waals surface area contributed by atoms with Crippen LogP contribution in [0.25, 0.3) is 0 Å². The van der Waals surface area contributed by atoms with Crippen LogP contribution in [0.3, 0.4) is 0 Å². The predicted molar refractivity (Wildman–Crippen MR) is 120 cm³/mol. The minimum Gasteiger partial charge on any atom is -0.483 e. The maximum absolute atomic E-state index is 13.0. The molecule has 3 aliphatic heterocycles. The van der Waals surface area contributed by atoms with Crippen LogP contribution in [0.1, 0.15) is 63.9 Å². The Kier molecular flexibility index (Phi) is 8.72. The number of piperidine rings is 1. The summed E-state index contributed by atoms with van der Waals surface area (Å²) in [6.45, 7) is 5.22. The molecule has 1 unspecified atom stereocenters. The van der Waals surface area contributed by atoms with Crippen molar-refractivity contribution in [1.82, 2.24) is 9.62 Å². The van der Waals surface area contributed by atoms with Crippen LogP contribution >= 0.6 is 0 Å². The van der Waals surface area contributed by atoms with Gasteiger partial charge in [-0.05, 0) is 56.1 Å². The maximum Gasteiger partial charge on any atom is 0.260 e. The van der Waals surface area contributed by atoms with Gasteiger partial charge in [-0.2, -0.15) is 0 Å². The Bertz CT molecular complexity index is 721. The third-order valence-electron chi connectivity index (χ3n) is 6.30. The van der Waals surface area contributed by atoms with Gasteiger partial charge >= 0.3 is 0 Å². The summed E-state index contributed by atoms with van der Waals surface area (Å²) < 4.78 is 27.2. The van der Waals surface area contributed by atoms with E-state index in [9.17, 15) is 9.00 Å². The summed E-state index contributed by atoms with van der Waals surface area (Å²) in [7, 11) is -1.12. The first-order valence-corrected chi connectivity index (χ1v) is 12.9. The number of hydrogen-bond acceptors (Lipinski definition) is 4. The van der Waals surface area contributed by atoms with Gasteiger partial charge in [0, 0.05) is 18.8 Å². The van der Waals surface area contributed by atoms with Crippen molar-refractivity contribution >= 4 is 16.9 Å². The molecule has 2 bridgehead atoms. The first kappa shape index (κ1) is 23.2. The molecule has 1 aromatic rings. The molecule has 3 atom stereocenters. The minimum atomic E-state index is -1.12. The third-order valence-corrected chi connectivity index (χ3v) is 6.94. The van der Waals surface area contributed by atoms with Crippen LogP contribution in [0.5, 0.6) is 5.75 Å². The molecular formula is C23H36N2O4S. The lowest BCUT2D eigenvalue weighted by atomic mass is 9.82. The van der Waals surface area contributed by atoms with Gasteiger partial charge in [-0.25, -0.2) is 8.93 Å². The zero-order valence-corrected chi connectivity index (χ0v) is 19.3. The summed E-state index contributed by atoms with van der Waals surface area (Å²) in [6.07, 6.45) is 7.86. The molecule has 1 N–H and O–H groups in total. The molecule has 1 amide bonds. The fourth-order valence-electron chi connectivity index (χ4n) is 4.87. The Hall–Kier alpha value is -1.44. The van der Waals surface area contributed by atoms with Crippen LogP contribution in [0.4, 0.5) is 0 Å². The van der Waals surface area contributed by atoms with Gasteiger partial charge in [0.2, 0.25) is 0 Å². The quantitative estimate of drug-likeness (QED) is 0.772. The zero-order valence-electron chi connectivity index (χ0n) is 18.5. The Morgan fingerprint density at radius 3 is 2.57 bits per heavy atom. The van der Waals surface area contributed by atoms with E-state index in [0.29, 0.717) is 19.1 Å². The van der Waals surface area contributed by atoms with Crippen LogP contribution in [-0.4, -0.2) is 59.2 Å². The molecule has 7 heteroatoms. The van der Waals surface area contributed by atoms with Crippen molar-refractivity contribution in [3.63, 3.8) is 0 Å². The lowest BCUT2D eigenvalue weighted by Gasteiger charge is -2.41. The van der Waals surface area contributed by atoms with Crippen molar-refractivity contribution in [2.45, 2.75) is 76.5 Å². The number of para-hydroxylation sites is 1. The van der Waals surface area contributed by atoms with Crippen molar-refractivity contribution in [3.05, 3.63) is 29.8 Å². The molecule has 1 saturated carbocycles. The van der Waals surface area contributed by atoms with Gasteiger partial charge in [-0.3, -0.25) is 4.79 Å². The lowest BCUT2D eigenvalue weighted by molar-refractivity contribution is -0.140. The number of ether oxygens (including phenoxy) is 2. The van der Waals surface area contributed by atoms with E-state index in [1.807, 2.05) is 36.9 Å². The summed E-state index contributed by atoms with van der Waals surface area (Å²) in [4.78, 5) is 14.9. The van der Waals surface area contributed by atoms with Crippen molar-refractivity contribution < 1.29 is 18.5 Å². The summed E-state index contributed by atoms with van der Waals surface area (Å²) in [6, 6.07) is 8.00. The number of amides is 1. The van der Waals surface area contributed by atoms with Crippen LogP contribution in [0.15, 0.2) is 24.3 Å². The molecule has 5 rings (SSSR count). The molecule has 6 nitrogen and oxygen atoms in total. The van der Waals surface area contributed by atoms with Gasteiger partial charge in [-0.15, -0.1) is 0 Å². The molecular weight excluding hydrogens is 400 g/mol. The smallest absolute Gasteiger partial charge is 0.260 e. The molecule has 4 aliphatic rings. The monoisotopic (exact) mass is 436 g/mol. The van der Waals surface area contributed by atoms with E-state index in [2.05, 4.69) is 10.8 Å². The molecule has 1 aromatic carbocycles. The minimum absolute atomic E-state index is 0.0164. The van der Waals surface area contributed by atoms with E-state index in [4.69, 9.17) is 9.47 Å². The largest absolute Gasteiger partial charge is 0.483 e. The molecule has 168 valence electrons. The Morgan fingerprint density at radius 1 is 1.10 bits per heavy atom. The van der Waals surface area contributed by atoms with Crippen LogP contribution in [0.2, 0.25) is 0 Å². The second-order valence-electron chi connectivity index (χ2n) is 8.11. The van der Waals surface area contributed by atoms with Gasteiger partial charge in [0.1, 0.15) is 5.75 Å². The number of rotatable bonds is 2. The van der Waals surface area contributed by atoms with Gasteiger partial charge in [0.15, 0.2) is 6.61 Å². The molecule has 3 heterocycles. The third kappa shape index (κ3) is 5.62. The van der Waals surface area contributed by atoms with Gasteiger partial charge in [0.05, 0.1) is 29.7 Å². The van der Waals surface area contributed by atoms with Crippen LogP contribution in [-0.2, 0) is 20.5 Å². The van der Waals surface area contributed by atoms with E-state index in [-0.39, 0.29) is 30.7 Å². The van der Waals surface area contributed by atoms with Gasteiger partial charge < -0.3 is 14.4 Å². The number of nitrogens with one attached hydrogen (secondary N) is 1. The van der Waals surface area contributed by atoms with Crippen molar-refractivity contribution in [1.29, 1.82) is 0 Å². The topological polar surface area (TPSA) is 67.9 Å². The summed E-state index contributed by atoms with van der Waals surface area (Å²) in [5.41, 5.74) is 1.21. The molecule has 2 fully saturated rings. The first-order chi connectivity index (χ1) is 14.6. The summed E-state index contributed by atoms with van der Waals surface area (Å²) >= 11 is 0. The first-order valence-electron chi connectivity index (χ1n) is 11.3. The summed E-state index contributed by atoms with van der Waals surface area (Å²) in [5.74, 6) is 1.27. The van der Waals surface area contributed by atoms with Crippen molar-refractivity contribution in [3.8, 4) is 5.75 Å². The number of carbonyl (C=O) groups is 1. The van der Waals surface area contributed by atoms with E-state index in [1.54, 1.807) is 6.26 Å². The molecule has 0 aromatic heterocycles. The number of hydrogen-bond donors (Lipinski definition) is 1. The second kappa shape index (κ2) is 11.3. The highest BCUT2D eigenvalue weighted by Crippen LogP contribution is 2.38. The average Bonchev–Trinajstić information content (AvgIpc) is 2.79. The summed E-state index contributed by atoms with van der Waals surface area (Å²) in [5, 5.41) is 0. The maximum atomic E-state index is 13.0. The second-order valence-corrected chi connectivity index (χ2v) is 9.25. The highest BCUT2D eigenvalue weighted by Gasteiger charge is 2.36. The predicted octanol–water partition coefficient (Wildman–Crippen LogP) is 3.39. The Balaban J connectivity index is 0.00000124. The molecule has 1 aliphatic carbocycles. The molecule has 30 heavy (non-hydrogen) atoms.